The van der Waals surface area contributed by atoms with Crippen molar-refractivity contribution in [3.8, 4) is 11.3 Å². The standard InChI is InChI=1S/C17H23N3/c1-3-13-5-7-14(8-6-13)15-11-19-16(20-15)17(12-18-2)9-4-10-17/h5-8,11,18H,3-4,9-10,12H2,1-2H3,(H,19,20). The van der Waals surface area contributed by atoms with Crippen LogP contribution in [0.15, 0.2) is 30.5 Å². The fourth-order valence-electron chi connectivity index (χ4n) is 3.10. The van der Waals surface area contributed by atoms with Gasteiger partial charge in [0.15, 0.2) is 0 Å². The van der Waals surface area contributed by atoms with Gasteiger partial charge in [0.2, 0.25) is 0 Å². The molecule has 0 spiro atoms. The molecule has 20 heavy (non-hydrogen) atoms. The summed E-state index contributed by atoms with van der Waals surface area (Å²) in [6, 6.07) is 8.76. The highest BCUT2D eigenvalue weighted by Gasteiger charge is 2.40. The summed E-state index contributed by atoms with van der Waals surface area (Å²) in [6.45, 7) is 3.19. The number of aromatic nitrogens is 2. The number of aryl methyl sites for hydroxylation is 1. The van der Waals surface area contributed by atoms with Gasteiger partial charge in [0, 0.05) is 12.0 Å². The zero-order chi connectivity index (χ0) is 14.0. The number of hydrogen-bond donors (Lipinski definition) is 2. The van der Waals surface area contributed by atoms with Crippen molar-refractivity contribution in [1.29, 1.82) is 0 Å². The number of H-pyrrole nitrogens is 1. The average Bonchev–Trinajstić information content (AvgIpc) is 2.93. The van der Waals surface area contributed by atoms with Gasteiger partial charge in [-0.3, -0.25) is 0 Å². The molecule has 1 fully saturated rings. The quantitative estimate of drug-likeness (QED) is 0.874. The van der Waals surface area contributed by atoms with Gasteiger partial charge in [0.05, 0.1) is 11.9 Å². The molecule has 0 atom stereocenters. The minimum absolute atomic E-state index is 0.232. The predicted molar refractivity (Wildman–Crippen MR) is 82.9 cm³/mol. The SMILES string of the molecule is CCc1ccc(-c2cnc(C3(CNC)CCC3)[nH]2)cc1. The summed E-state index contributed by atoms with van der Waals surface area (Å²) in [5.41, 5.74) is 3.96. The molecule has 3 rings (SSSR count). The molecule has 0 unspecified atom stereocenters. The van der Waals surface area contributed by atoms with E-state index in [0.29, 0.717) is 0 Å². The third-order valence-corrected chi connectivity index (χ3v) is 4.58. The van der Waals surface area contributed by atoms with E-state index in [1.54, 1.807) is 0 Å². The van der Waals surface area contributed by atoms with Crippen LogP contribution in [0.5, 0.6) is 0 Å². The van der Waals surface area contributed by atoms with Crippen LogP contribution in [0.25, 0.3) is 11.3 Å². The van der Waals surface area contributed by atoms with E-state index >= 15 is 0 Å². The first kappa shape index (κ1) is 13.4. The Kier molecular flexibility index (Phi) is 3.62. The average molecular weight is 269 g/mol. The Morgan fingerprint density at radius 2 is 2.00 bits per heavy atom. The molecular weight excluding hydrogens is 246 g/mol. The highest BCUT2D eigenvalue weighted by Crippen LogP contribution is 2.42. The van der Waals surface area contributed by atoms with E-state index in [9.17, 15) is 0 Å². The highest BCUT2D eigenvalue weighted by atomic mass is 15.0. The van der Waals surface area contributed by atoms with E-state index in [4.69, 9.17) is 0 Å². The predicted octanol–water partition coefficient (Wildman–Crippen LogP) is 3.28. The molecule has 2 N–H and O–H groups in total. The summed E-state index contributed by atoms with van der Waals surface area (Å²) in [7, 11) is 2.02. The molecule has 0 bridgehead atoms. The van der Waals surface area contributed by atoms with Crippen LogP contribution in [-0.2, 0) is 11.8 Å². The molecule has 3 heteroatoms. The van der Waals surface area contributed by atoms with Crippen molar-refractivity contribution >= 4 is 0 Å². The van der Waals surface area contributed by atoms with Crippen LogP contribution in [0.3, 0.4) is 0 Å². The topological polar surface area (TPSA) is 40.7 Å². The molecule has 1 aromatic heterocycles. The number of imidazole rings is 1. The number of nitrogens with one attached hydrogen (secondary N) is 2. The van der Waals surface area contributed by atoms with Crippen molar-refractivity contribution in [3.05, 3.63) is 41.9 Å². The Balaban J connectivity index is 1.85. The van der Waals surface area contributed by atoms with Crippen LogP contribution in [0.2, 0.25) is 0 Å². The van der Waals surface area contributed by atoms with Crippen molar-refractivity contribution in [2.75, 3.05) is 13.6 Å². The van der Waals surface area contributed by atoms with E-state index in [2.05, 4.69) is 46.5 Å². The van der Waals surface area contributed by atoms with E-state index in [1.165, 1.54) is 30.4 Å². The summed E-state index contributed by atoms with van der Waals surface area (Å²) < 4.78 is 0. The molecule has 0 amide bonds. The van der Waals surface area contributed by atoms with E-state index in [1.807, 2.05) is 13.2 Å². The summed E-state index contributed by atoms with van der Waals surface area (Å²) in [4.78, 5) is 8.20. The van der Waals surface area contributed by atoms with Crippen molar-refractivity contribution in [3.63, 3.8) is 0 Å². The zero-order valence-corrected chi connectivity index (χ0v) is 12.4. The van der Waals surface area contributed by atoms with Crippen molar-refractivity contribution in [2.24, 2.45) is 0 Å². The first-order valence-corrected chi connectivity index (χ1v) is 7.57. The van der Waals surface area contributed by atoms with Crippen LogP contribution >= 0.6 is 0 Å². The van der Waals surface area contributed by atoms with Crippen LogP contribution < -0.4 is 5.32 Å². The minimum atomic E-state index is 0.232. The van der Waals surface area contributed by atoms with Crippen molar-refractivity contribution in [1.82, 2.24) is 15.3 Å². The summed E-state index contributed by atoms with van der Waals surface area (Å²) in [6.07, 6.45) is 6.83. The lowest BCUT2D eigenvalue weighted by atomic mass is 9.68. The van der Waals surface area contributed by atoms with Crippen LogP contribution in [0, 0.1) is 0 Å². The maximum atomic E-state index is 4.65. The molecule has 2 aromatic rings. The van der Waals surface area contributed by atoms with E-state index in [0.717, 1.165) is 24.5 Å². The summed E-state index contributed by atoms with van der Waals surface area (Å²) in [5.74, 6) is 1.15. The second kappa shape index (κ2) is 5.41. The summed E-state index contributed by atoms with van der Waals surface area (Å²) >= 11 is 0. The second-order valence-corrected chi connectivity index (χ2v) is 5.86. The number of aromatic amines is 1. The van der Waals surface area contributed by atoms with Gasteiger partial charge in [-0.05, 0) is 37.4 Å². The van der Waals surface area contributed by atoms with Gasteiger partial charge >= 0.3 is 0 Å². The normalized spacial score (nSPS) is 16.9. The molecule has 0 radical (unpaired) electrons. The number of rotatable bonds is 5. The Morgan fingerprint density at radius 1 is 1.25 bits per heavy atom. The van der Waals surface area contributed by atoms with Gasteiger partial charge in [0.25, 0.3) is 0 Å². The monoisotopic (exact) mass is 269 g/mol. The number of likely N-dealkylation sites (N-methyl/N-ethyl adjacent to an activating group) is 1. The van der Waals surface area contributed by atoms with Gasteiger partial charge in [-0.15, -0.1) is 0 Å². The fraction of sp³-hybridized carbons (Fsp3) is 0.471. The lowest BCUT2D eigenvalue weighted by molar-refractivity contribution is 0.226. The van der Waals surface area contributed by atoms with E-state index < -0.39 is 0 Å². The lowest BCUT2D eigenvalue weighted by Gasteiger charge is -2.40. The maximum absolute atomic E-state index is 4.65. The minimum Gasteiger partial charge on any atom is -0.342 e. The van der Waals surface area contributed by atoms with Crippen molar-refractivity contribution < 1.29 is 0 Å². The molecule has 0 saturated heterocycles. The maximum Gasteiger partial charge on any atom is 0.114 e. The molecule has 3 nitrogen and oxygen atoms in total. The first-order chi connectivity index (χ1) is 9.77. The lowest BCUT2D eigenvalue weighted by Crippen LogP contribution is -2.43. The van der Waals surface area contributed by atoms with Crippen LogP contribution in [0.4, 0.5) is 0 Å². The second-order valence-electron chi connectivity index (χ2n) is 5.86. The van der Waals surface area contributed by atoms with Gasteiger partial charge < -0.3 is 10.3 Å². The zero-order valence-electron chi connectivity index (χ0n) is 12.4. The smallest absolute Gasteiger partial charge is 0.114 e. The third kappa shape index (κ3) is 2.27. The number of benzene rings is 1. The third-order valence-electron chi connectivity index (χ3n) is 4.58. The number of hydrogen-bond acceptors (Lipinski definition) is 2. The van der Waals surface area contributed by atoms with Crippen LogP contribution in [-0.4, -0.2) is 23.6 Å². The van der Waals surface area contributed by atoms with Crippen molar-refractivity contribution in [2.45, 2.75) is 38.0 Å². The molecule has 106 valence electrons. The largest absolute Gasteiger partial charge is 0.342 e. The molecule has 1 heterocycles. The van der Waals surface area contributed by atoms with Crippen LogP contribution in [0.1, 0.15) is 37.6 Å². The van der Waals surface area contributed by atoms with Gasteiger partial charge in [-0.25, -0.2) is 4.98 Å². The van der Waals surface area contributed by atoms with Gasteiger partial charge in [-0.2, -0.15) is 0 Å². The van der Waals surface area contributed by atoms with E-state index in [-0.39, 0.29) is 5.41 Å². The Bertz CT molecular complexity index is 564. The Hall–Kier alpha value is -1.61. The highest BCUT2D eigenvalue weighted by molar-refractivity contribution is 5.59. The molecule has 1 aliphatic rings. The fourth-order valence-corrected chi connectivity index (χ4v) is 3.10. The number of nitrogens with zero attached hydrogens (tertiary/aromatic N) is 1. The molecule has 0 aliphatic heterocycles. The van der Waals surface area contributed by atoms with Gasteiger partial charge in [-0.1, -0.05) is 37.6 Å². The molecule has 1 aromatic carbocycles. The molecule has 1 aliphatic carbocycles. The Labute approximate surface area is 120 Å². The van der Waals surface area contributed by atoms with Gasteiger partial charge in [0.1, 0.15) is 5.82 Å². The summed E-state index contributed by atoms with van der Waals surface area (Å²) in [5, 5.41) is 3.31. The molecular formula is C17H23N3. The molecule has 1 saturated carbocycles. The Morgan fingerprint density at radius 3 is 2.55 bits per heavy atom. The first-order valence-electron chi connectivity index (χ1n) is 7.57.